The SMILES string of the molecule is CCNc1nc(-c2cccc(F)c2)nc(C(C)C)c1Br. The van der Waals surface area contributed by atoms with Crippen molar-refractivity contribution >= 4 is 21.7 Å². The topological polar surface area (TPSA) is 37.8 Å². The normalized spacial score (nSPS) is 10.9. The van der Waals surface area contributed by atoms with Crippen molar-refractivity contribution in [1.29, 1.82) is 0 Å². The second kappa shape index (κ2) is 6.31. The van der Waals surface area contributed by atoms with Gasteiger partial charge in [0.15, 0.2) is 5.82 Å². The third kappa shape index (κ3) is 3.15. The summed E-state index contributed by atoms with van der Waals surface area (Å²) in [6.07, 6.45) is 0. The summed E-state index contributed by atoms with van der Waals surface area (Å²) in [5, 5.41) is 3.20. The molecule has 2 rings (SSSR count). The Balaban J connectivity index is 2.58. The molecule has 0 saturated heterocycles. The maximum Gasteiger partial charge on any atom is 0.161 e. The van der Waals surface area contributed by atoms with Crippen molar-refractivity contribution in [3.8, 4) is 11.4 Å². The van der Waals surface area contributed by atoms with Crippen LogP contribution in [-0.2, 0) is 0 Å². The summed E-state index contributed by atoms with van der Waals surface area (Å²) < 4.78 is 14.2. The monoisotopic (exact) mass is 337 g/mol. The Morgan fingerprint density at radius 1 is 1.30 bits per heavy atom. The van der Waals surface area contributed by atoms with E-state index in [1.807, 2.05) is 13.0 Å². The number of anilines is 1. The number of hydrogen-bond acceptors (Lipinski definition) is 3. The van der Waals surface area contributed by atoms with Crippen LogP contribution < -0.4 is 5.32 Å². The van der Waals surface area contributed by atoms with Gasteiger partial charge in [-0.25, -0.2) is 14.4 Å². The lowest BCUT2D eigenvalue weighted by Crippen LogP contribution is -2.07. The first-order chi connectivity index (χ1) is 9.52. The summed E-state index contributed by atoms with van der Waals surface area (Å²) in [6, 6.07) is 6.34. The van der Waals surface area contributed by atoms with Gasteiger partial charge in [0.05, 0.1) is 10.2 Å². The Bertz CT molecular complexity index is 614. The van der Waals surface area contributed by atoms with Crippen LogP contribution >= 0.6 is 15.9 Å². The Morgan fingerprint density at radius 3 is 2.65 bits per heavy atom. The summed E-state index contributed by atoms with van der Waals surface area (Å²) in [7, 11) is 0. The number of benzene rings is 1. The van der Waals surface area contributed by atoms with Crippen LogP contribution in [0.4, 0.5) is 10.2 Å². The van der Waals surface area contributed by atoms with E-state index in [1.165, 1.54) is 12.1 Å². The van der Waals surface area contributed by atoms with E-state index >= 15 is 0 Å². The molecule has 0 unspecified atom stereocenters. The van der Waals surface area contributed by atoms with Gasteiger partial charge in [-0.05, 0) is 40.9 Å². The van der Waals surface area contributed by atoms with E-state index in [4.69, 9.17) is 0 Å². The number of nitrogens with one attached hydrogen (secondary N) is 1. The molecule has 5 heteroatoms. The lowest BCUT2D eigenvalue weighted by Gasteiger charge is -2.14. The first-order valence-corrected chi connectivity index (χ1v) is 7.39. The number of hydrogen-bond donors (Lipinski definition) is 1. The molecule has 0 radical (unpaired) electrons. The van der Waals surface area contributed by atoms with Crippen LogP contribution in [0.25, 0.3) is 11.4 Å². The third-order valence-corrected chi connectivity index (χ3v) is 3.63. The van der Waals surface area contributed by atoms with Crippen LogP contribution in [-0.4, -0.2) is 16.5 Å². The minimum atomic E-state index is -0.287. The molecule has 0 spiro atoms. The third-order valence-electron chi connectivity index (χ3n) is 2.85. The van der Waals surface area contributed by atoms with Gasteiger partial charge in [-0.1, -0.05) is 26.0 Å². The fourth-order valence-electron chi connectivity index (χ4n) is 1.89. The van der Waals surface area contributed by atoms with E-state index in [0.29, 0.717) is 11.4 Å². The Morgan fingerprint density at radius 2 is 2.05 bits per heavy atom. The van der Waals surface area contributed by atoms with E-state index < -0.39 is 0 Å². The van der Waals surface area contributed by atoms with Crippen LogP contribution in [0.2, 0.25) is 0 Å². The zero-order valence-electron chi connectivity index (χ0n) is 11.7. The van der Waals surface area contributed by atoms with Gasteiger partial charge in [0.25, 0.3) is 0 Å². The second-order valence-corrected chi connectivity index (χ2v) is 5.58. The van der Waals surface area contributed by atoms with Gasteiger partial charge in [0.1, 0.15) is 11.6 Å². The molecule has 1 aromatic heterocycles. The van der Waals surface area contributed by atoms with Gasteiger partial charge in [-0.3, -0.25) is 0 Å². The molecule has 0 aliphatic carbocycles. The highest BCUT2D eigenvalue weighted by Gasteiger charge is 2.15. The molecule has 0 bridgehead atoms. The van der Waals surface area contributed by atoms with Crippen molar-refractivity contribution in [1.82, 2.24) is 9.97 Å². The first kappa shape index (κ1) is 14.9. The van der Waals surface area contributed by atoms with E-state index in [9.17, 15) is 4.39 Å². The molecule has 1 aromatic carbocycles. The van der Waals surface area contributed by atoms with Crippen LogP contribution in [0.3, 0.4) is 0 Å². The molecule has 0 fully saturated rings. The average Bonchev–Trinajstić information content (AvgIpc) is 2.41. The molecular formula is C15H17BrFN3. The van der Waals surface area contributed by atoms with Crippen LogP contribution in [0.15, 0.2) is 28.7 Å². The van der Waals surface area contributed by atoms with Gasteiger partial charge in [0, 0.05) is 12.1 Å². The van der Waals surface area contributed by atoms with Crippen LogP contribution in [0.1, 0.15) is 32.4 Å². The number of nitrogens with zero attached hydrogens (tertiary/aromatic N) is 2. The lowest BCUT2D eigenvalue weighted by atomic mass is 10.1. The number of rotatable bonds is 4. The molecule has 3 nitrogen and oxygen atoms in total. The summed E-state index contributed by atoms with van der Waals surface area (Å²) in [5.74, 6) is 1.24. The molecule has 106 valence electrons. The summed E-state index contributed by atoms with van der Waals surface area (Å²) in [5.41, 5.74) is 1.59. The average molecular weight is 338 g/mol. The van der Waals surface area contributed by atoms with Crippen molar-refractivity contribution in [2.24, 2.45) is 0 Å². The molecule has 0 amide bonds. The van der Waals surface area contributed by atoms with Gasteiger partial charge < -0.3 is 5.32 Å². The van der Waals surface area contributed by atoms with Crippen LogP contribution in [0, 0.1) is 5.82 Å². The second-order valence-electron chi connectivity index (χ2n) is 4.79. The highest BCUT2D eigenvalue weighted by Crippen LogP contribution is 2.31. The smallest absolute Gasteiger partial charge is 0.161 e. The molecule has 0 saturated carbocycles. The maximum absolute atomic E-state index is 13.4. The Hall–Kier alpha value is -1.49. The van der Waals surface area contributed by atoms with Crippen molar-refractivity contribution in [2.45, 2.75) is 26.7 Å². The van der Waals surface area contributed by atoms with Gasteiger partial charge in [-0.2, -0.15) is 0 Å². The van der Waals surface area contributed by atoms with E-state index in [0.717, 1.165) is 22.5 Å². The highest BCUT2D eigenvalue weighted by atomic mass is 79.9. The standard InChI is InChI=1S/C15H17BrFN3/c1-4-18-15-12(16)13(9(2)3)19-14(20-15)10-6-5-7-11(17)8-10/h5-9H,4H2,1-3H3,(H,18,19,20). The maximum atomic E-state index is 13.4. The van der Waals surface area contributed by atoms with E-state index in [2.05, 4.69) is 45.1 Å². The largest absolute Gasteiger partial charge is 0.369 e. The zero-order chi connectivity index (χ0) is 14.7. The van der Waals surface area contributed by atoms with Crippen molar-refractivity contribution < 1.29 is 4.39 Å². The minimum absolute atomic E-state index is 0.247. The molecule has 1 N–H and O–H groups in total. The zero-order valence-corrected chi connectivity index (χ0v) is 13.3. The number of aromatic nitrogens is 2. The predicted octanol–water partition coefficient (Wildman–Crippen LogP) is 4.60. The molecule has 2 aromatic rings. The van der Waals surface area contributed by atoms with E-state index in [1.54, 1.807) is 6.07 Å². The molecule has 0 aliphatic rings. The summed E-state index contributed by atoms with van der Waals surface area (Å²) >= 11 is 3.54. The first-order valence-electron chi connectivity index (χ1n) is 6.60. The molecular weight excluding hydrogens is 321 g/mol. The van der Waals surface area contributed by atoms with Crippen molar-refractivity contribution in [2.75, 3.05) is 11.9 Å². The highest BCUT2D eigenvalue weighted by molar-refractivity contribution is 9.10. The van der Waals surface area contributed by atoms with E-state index in [-0.39, 0.29) is 11.7 Å². The quantitative estimate of drug-likeness (QED) is 0.885. The lowest BCUT2D eigenvalue weighted by molar-refractivity contribution is 0.628. The van der Waals surface area contributed by atoms with Gasteiger partial charge in [-0.15, -0.1) is 0 Å². The van der Waals surface area contributed by atoms with Crippen molar-refractivity contribution in [3.05, 3.63) is 40.2 Å². The predicted molar refractivity (Wildman–Crippen MR) is 83.4 cm³/mol. The Labute approximate surface area is 126 Å². The summed E-state index contributed by atoms with van der Waals surface area (Å²) in [4.78, 5) is 9.04. The molecule has 0 atom stereocenters. The molecule has 1 heterocycles. The fourth-order valence-corrected chi connectivity index (χ4v) is 2.66. The fraction of sp³-hybridized carbons (Fsp3) is 0.333. The van der Waals surface area contributed by atoms with Crippen LogP contribution in [0.5, 0.6) is 0 Å². The Kier molecular flexibility index (Phi) is 4.70. The summed E-state index contributed by atoms with van der Waals surface area (Å²) in [6.45, 7) is 6.90. The molecule has 20 heavy (non-hydrogen) atoms. The van der Waals surface area contributed by atoms with Gasteiger partial charge in [0.2, 0.25) is 0 Å². The van der Waals surface area contributed by atoms with Gasteiger partial charge >= 0.3 is 0 Å². The number of halogens is 2. The van der Waals surface area contributed by atoms with Crippen molar-refractivity contribution in [3.63, 3.8) is 0 Å². The minimum Gasteiger partial charge on any atom is -0.369 e. The molecule has 0 aliphatic heterocycles.